The lowest BCUT2D eigenvalue weighted by molar-refractivity contribution is 0.131. The lowest BCUT2D eigenvalue weighted by Gasteiger charge is -2.25. The predicted molar refractivity (Wildman–Crippen MR) is 51.2 cm³/mol. The van der Waals surface area contributed by atoms with Gasteiger partial charge in [-0.3, -0.25) is 0 Å². The third kappa shape index (κ3) is 1.51. The van der Waals surface area contributed by atoms with E-state index in [0.717, 1.165) is 5.75 Å². The van der Waals surface area contributed by atoms with E-state index in [1.165, 1.54) is 0 Å². The molecule has 0 saturated heterocycles. The van der Waals surface area contributed by atoms with E-state index in [1.807, 2.05) is 24.3 Å². The summed E-state index contributed by atoms with van der Waals surface area (Å²) >= 11 is 0. The van der Waals surface area contributed by atoms with Gasteiger partial charge in [-0.1, -0.05) is 17.3 Å². The van der Waals surface area contributed by atoms with Crippen LogP contribution in [0.2, 0.25) is 0 Å². The minimum atomic E-state index is -0.296. The van der Waals surface area contributed by atoms with E-state index in [-0.39, 0.29) is 6.10 Å². The topological polar surface area (TPSA) is 51.1 Å². The molecule has 1 aliphatic heterocycles. The second kappa shape index (κ2) is 3.57. The number of oxime groups is 1. The summed E-state index contributed by atoms with van der Waals surface area (Å²) in [4.78, 5) is 0. The average Bonchev–Trinajstić information content (AvgIpc) is 2.27. The van der Waals surface area contributed by atoms with Gasteiger partial charge in [0.1, 0.15) is 6.61 Å². The van der Waals surface area contributed by atoms with Gasteiger partial charge in [0.05, 0.1) is 5.71 Å². The maximum atomic E-state index is 8.59. The number of para-hydroxylation sites is 2. The lowest BCUT2D eigenvalue weighted by atomic mass is 10.2. The monoisotopic (exact) mass is 193 g/mol. The predicted octanol–water partition coefficient (Wildman–Crippen LogP) is 1.68. The average molecular weight is 193 g/mol. The molecule has 4 heteroatoms. The Hall–Kier alpha value is -1.71. The van der Waals surface area contributed by atoms with Crippen LogP contribution in [0.4, 0.5) is 0 Å². The van der Waals surface area contributed by atoms with E-state index >= 15 is 0 Å². The van der Waals surface area contributed by atoms with Crippen molar-refractivity contribution in [3.05, 3.63) is 24.3 Å². The highest BCUT2D eigenvalue weighted by Crippen LogP contribution is 2.30. The summed E-state index contributed by atoms with van der Waals surface area (Å²) < 4.78 is 11.0. The zero-order valence-electron chi connectivity index (χ0n) is 7.80. The fourth-order valence-corrected chi connectivity index (χ4v) is 1.29. The molecule has 0 bridgehead atoms. The molecule has 1 aromatic carbocycles. The molecule has 74 valence electrons. The van der Waals surface area contributed by atoms with Gasteiger partial charge in [0.2, 0.25) is 0 Å². The number of ether oxygens (including phenoxy) is 2. The molecular weight excluding hydrogens is 182 g/mol. The first-order valence-corrected chi connectivity index (χ1v) is 4.38. The van der Waals surface area contributed by atoms with Crippen LogP contribution in [0, 0.1) is 0 Å². The van der Waals surface area contributed by atoms with Crippen molar-refractivity contribution in [1.29, 1.82) is 0 Å². The van der Waals surface area contributed by atoms with Gasteiger partial charge >= 0.3 is 0 Å². The first-order valence-electron chi connectivity index (χ1n) is 4.38. The van der Waals surface area contributed by atoms with Gasteiger partial charge in [0.25, 0.3) is 0 Å². The summed E-state index contributed by atoms with van der Waals surface area (Å²) in [5.41, 5.74) is 0.513. The fourth-order valence-electron chi connectivity index (χ4n) is 1.29. The third-order valence-corrected chi connectivity index (χ3v) is 2.13. The molecule has 1 aliphatic rings. The third-order valence-electron chi connectivity index (χ3n) is 2.13. The Balaban J connectivity index is 2.21. The molecule has 0 saturated carbocycles. The molecule has 1 aromatic rings. The van der Waals surface area contributed by atoms with E-state index in [9.17, 15) is 0 Å². The van der Waals surface area contributed by atoms with Crippen molar-refractivity contribution in [2.75, 3.05) is 6.61 Å². The minimum Gasteiger partial charge on any atom is -0.485 e. The molecule has 0 spiro atoms. The van der Waals surface area contributed by atoms with Crippen LogP contribution in [0.3, 0.4) is 0 Å². The van der Waals surface area contributed by atoms with Gasteiger partial charge in [-0.05, 0) is 19.1 Å². The van der Waals surface area contributed by atoms with Crippen LogP contribution >= 0.6 is 0 Å². The van der Waals surface area contributed by atoms with Crippen LogP contribution in [-0.4, -0.2) is 23.6 Å². The van der Waals surface area contributed by atoms with Crippen molar-refractivity contribution in [1.82, 2.24) is 0 Å². The van der Waals surface area contributed by atoms with Crippen LogP contribution < -0.4 is 9.47 Å². The van der Waals surface area contributed by atoms with E-state index in [0.29, 0.717) is 18.1 Å². The van der Waals surface area contributed by atoms with E-state index in [2.05, 4.69) is 5.16 Å². The number of hydrogen-bond acceptors (Lipinski definition) is 4. The molecule has 1 unspecified atom stereocenters. The fraction of sp³-hybridized carbons (Fsp3) is 0.300. The largest absolute Gasteiger partial charge is 0.485 e. The van der Waals surface area contributed by atoms with Crippen molar-refractivity contribution >= 4 is 5.71 Å². The van der Waals surface area contributed by atoms with E-state index < -0.39 is 0 Å². The smallest absolute Gasteiger partial charge is 0.174 e. The second-order valence-corrected chi connectivity index (χ2v) is 3.11. The summed E-state index contributed by atoms with van der Waals surface area (Å²) in [5, 5.41) is 11.7. The first kappa shape index (κ1) is 8.87. The summed E-state index contributed by atoms with van der Waals surface area (Å²) in [5.74, 6) is 1.42. The van der Waals surface area contributed by atoms with Crippen molar-refractivity contribution in [2.45, 2.75) is 13.0 Å². The Labute approximate surface area is 81.8 Å². The van der Waals surface area contributed by atoms with Gasteiger partial charge < -0.3 is 14.7 Å². The Morgan fingerprint density at radius 2 is 2.14 bits per heavy atom. The Bertz CT molecular complexity index is 362. The van der Waals surface area contributed by atoms with Crippen molar-refractivity contribution in [3.8, 4) is 11.5 Å². The molecule has 0 aromatic heterocycles. The van der Waals surface area contributed by atoms with Gasteiger partial charge in [0, 0.05) is 0 Å². The molecule has 1 heterocycles. The number of rotatable bonds is 1. The minimum absolute atomic E-state index is 0.296. The maximum absolute atomic E-state index is 8.59. The molecule has 14 heavy (non-hydrogen) atoms. The van der Waals surface area contributed by atoms with E-state index in [1.54, 1.807) is 6.92 Å². The highest BCUT2D eigenvalue weighted by molar-refractivity contribution is 5.86. The van der Waals surface area contributed by atoms with Gasteiger partial charge in [-0.2, -0.15) is 0 Å². The number of hydrogen-bond donors (Lipinski definition) is 1. The highest BCUT2D eigenvalue weighted by Gasteiger charge is 2.22. The highest BCUT2D eigenvalue weighted by atomic mass is 16.6. The Morgan fingerprint density at radius 1 is 1.43 bits per heavy atom. The first-order chi connectivity index (χ1) is 6.81. The summed E-state index contributed by atoms with van der Waals surface area (Å²) in [6, 6.07) is 7.43. The van der Waals surface area contributed by atoms with Crippen LogP contribution in [-0.2, 0) is 0 Å². The summed E-state index contributed by atoms with van der Waals surface area (Å²) in [7, 11) is 0. The van der Waals surface area contributed by atoms with Gasteiger partial charge in [-0.25, -0.2) is 0 Å². The molecule has 2 rings (SSSR count). The van der Waals surface area contributed by atoms with Gasteiger partial charge in [0.15, 0.2) is 17.6 Å². The standard InChI is InChI=1S/C10H11NO3/c1-7(11-12)10-6-13-8-4-2-3-5-9(8)14-10/h2-5,10,12H,6H2,1H3/b11-7+. The van der Waals surface area contributed by atoms with Crippen LogP contribution in [0.1, 0.15) is 6.92 Å². The second-order valence-electron chi connectivity index (χ2n) is 3.11. The Morgan fingerprint density at radius 3 is 2.86 bits per heavy atom. The molecule has 0 fully saturated rings. The number of nitrogens with zero attached hydrogens (tertiary/aromatic N) is 1. The van der Waals surface area contributed by atoms with E-state index in [4.69, 9.17) is 14.7 Å². The van der Waals surface area contributed by atoms with Crippen LogP contribution in [0.15, 0.2) is 29.4 Å². The zero-order valence-corrected chi connectivity index (χ0v) is 7.80. The SMILES string of the molecule is C/C(=N\O)C1COc2ccccc2O1. The van der Waals surface area contributed by atoms with Crippen molar-refractivity contribution in [3.63, 3.8) is 0 Å². The van der Waals surface area contributed by atoms with Gasteiger partial charge in [-0.15, -0.1) is 0 Å². The molecular formula is C10H11NO3. The summed E-state index contributed by atoms with van der Waals surface area (Å²) in [6.45, 7) is 2.08. The Kier molecular flexibility index (Phi) is 2.26. The molecule has 1 N–H and O–H groups in total. The maximum Gasteiger partial charge on any atom is 0.174 e. The zero-order chi connectivity index (χ0) is 9.97. The molecule has 0 radical (unpaired) electrons. The number of fused-ring (bicyclic) bond motifs is 1. The molecule has 0 amide bonds. The quantitative estimate of drug-likeness (QED) is 0.419. The van der Waals surface area contributed by atoms with Crippen molar-refractivity contribution < 1.29 is 14.7 Å². The summed E-state index contributed by atoms with van der Waals surface area (Å²) in [6.07, 6.45) is -0.296. The van der Waals surface area contributed by atoms with Crippen LogP contribution in [0.5, 0.6) is 11.5 Å². The molecule has 4 nitrogen and oxygen atoms in total. The van der Waals surface area contributed by atoms with Crippen LogP contribution in [0.25, 0.3) is 0 Å². The van der Waals surface area contributed by atoms with Crippen molar-refractivity contribution in [2.24, 2.45) is 5.16 Å². The lowest BCUT2D eigenvalue weighted by Crippen LogP contribution is -2.35. The number of benzene rings is 1. The molecule has 0 aliphatic carbocycles. The molecule has 1 atom stereocenters. The normalized spacial score (nSPS) is 20.6.